The molecule has 4 heteroatoms. The molecule has 1 aliphatic rings. The first-order chi connectivity index (χ1) is 9.41. The molecule has 3 nitrogen and oxygen atoms in total. The van der Waals surface area contributed by atoms with Gasteiger partial charge in [-0.25, -0.2) is 0 Å². The molecule has 0 saturated heterocycles. The van der Waals surface area contributed by atoms with Gasteiger partial charge in [0, 0.05) is 16.2 Å². The lowest BCUT2D eigenvalue weighted by molar-refractivity contribution is -0.0689. The van der Waals surface area contributed by atoms with Crippen molar-refractivity contribution < 1.29 is 9.90 Å². The summed E-state index contributed by atoms with van der Waals surface area (Å²) in [6.45, 7) is 5.97. The van der Waals surface area contributed by atoms with E-state index in [0.29, 0.717) is 6.42 Å². The largest absolute Gasteiger partial charge is 0.392 e. The van der Waals surface area contributed by atoms with Crippen LogP contribution in [0.4, 0.5) is 0 Å². The first kappa shape index (κ1) is 13.6. The van der Waals surface area contributed by atoms with Gasteiger partial charge in [0.15, 0.2) is 0 Å². The van der Waals surface area contributed by atoms with Gasteiger partial charge < -0.3 is 10.4 Å². The molecular weight excluding hydrogens is 270 g/mol. The SMILES string of the molecule is Cc1c(C(=O)NC2CC(O)C2(C)C)sc2ccccc12. The maximum atomic E-state index is 12.5. The minimum absolute atomic E-state index is 0.0197. The molecule has 3 rings (SSSR count). The number of hydrogen-bond donors (Lipinski definition) is 2. The summed E-state index contributed by atoms with van der Waals surface area (Å²) in [5.41, 5.74) is 0.807. The van der Waals surface area contributed by atoms with E-state index in [1.165, 1.54) is 11.3 Å². The third-order valence-corrected chi connectivity index (χ3v) is 5.84. The highest BCUT2D eigenvalue weighted by Gasteiger charge is 2.48. The van der Waals surface area contributed by atoms with Gasteiger partial charge >= 0.3 is 0 Å². The molecule has 1 heterocycles. The van der Waals surface area contributed by atoms with Crippen LogP contribution in [-0.4, -0.2) is 23.2 Å². The smallest absolute Gasteiger partial charge is 0.261 e. The Balaban J connectivity index is 1.85. The van der Waals surface area contributed by atoms with Gasteiger partial charge in [-0.2, -0.15) is 0 Å². The molecule has 0 spiro atoms. The standard InChI is InChI=1S/C16H19NO2S/c1-9-10-6-4-5-7-11(10)20-14(9)15(19)17-12-8-13(18)16(12,2)3/h4-7,12-13,18H,8H2,1-3H3,(H,17,19). The number of rotatable bonds is 2. The number of amides is 1. The number of aliphatic hydroxyl groups excluding tert-OH is 1. The van der Waals surface area contributed by atoms with Crippen LogP contribution in [0, 0.1) is 12.3 Å². The lowest BCUT2D eigenvalue weighted by Crippen LogP contribution is -2.61. The average Bonchev–Trinajstić information content (AvgIpc) is 2.76. The Morgan fingerprint density at radius 2 is 2.10 bits per heavy atom. The van der Waals surface area contributed by atoms with Crippen LogP contribution in [0.15, 0.2) is 24.3 Å². The summed E-state index contributed by atoms with van der Waals surface area (Å²) in [6, 6.07) is 8.13. The highest BCUT2D eigenvalue weighted by Crippen LogP contribution is 2.41. The number of hydrogen-bond acceptors (Lipinski definition) is 3. The fourth-order valence-corrected chi connectivity index (χ4v) is 3.87. The van der Waals surface area contributed by atoms with Crippen molar-refractivity contribution in [2.45, 2.75) is 39.3 Å². The van der Waals surface area contributed by atoms with Gasteiger partial charge in [0.05, 0.1) is 11.0 Å². The van der Waals surface area contributed by atoms with Gasteiger partial charge in [-0.15, -0.1) is 11.3 Å². The zero-order chi connectivity index (χ0) is 14.5. The number of nitrogens with one attached hydrogen (secondary N) is 1. The van der Waals surface area contributed by atoms with Crippen LogP contribution in [0.3, 0.4) is 0 Å². The third-order valence-electron chi connectivity index (χ3n) is 4.57. The minimum Gasteiger partial charge on any atom is -0.392 e. The number of aliphatic hydroxyl groups is 1. The van der Waals surface area contributed by atoms with E-state index in [0.717, 1.165) is 20.5 Å². The molecule has 1 fully saturated rings. The second-order valence-electron chi connectivity index (χ2n) is 6.15. The van der Waals surface area contributed by atoms with Crippen molar-refractivity contribution in [3.8, 4) is 0 Å². The molecular formula is C16H19NO2S. The normalized spacial score (nSPS) is 24.4. The zero-order valence-corrected chi connectivity index (χ0v) is 12.8. The number of carbonyl (C=O) groups excluding carboxylic acids is 1. The van der Waals surface area contributed by atoms with Crippen LogP contribution < -0.4 is 5.32 Å². The number of carbonyl (C=O) groups is 1. The van der Waals surface area contributed by atoms with E-state index in [1.54, 1.807) is 0 Å². The van der Waals surface area contributed by atoms with Gasteiger partial charge in [-0.05, 0) is 30.4 Å². The average molecular weight is 289 g/mol. The van der Waals surface area contributed by atoms with Crippen molar-refractivity contribution in [3.63, 3.8) is 0 Å². The molecule has 1 saturated carbocycles. The van der Waals surface area contributed by atoms with E-state index in [9.17, 15) is 9.90 Å². The Morgan fingerprint density at radius 3 is 2.70 bits per heavy atom. The highest BCUT2D eigenvalue weighted by molar-refractivity contribution is 7.21. The summed E-state index contributed by atoms with van der Waals surface area (Å²) in [5.74, 6) is -0.0197. The van der Waals surface area contributed by atoms with Crippen LogP contribution in [0.1, 0.15) is 35.5 Å². The number of aryl methyl sites for hydroxylation is 1. The van der Waals surface area contributed by atoms with Crippen molar-refractivity contribution in [1.82, 2.24) is 5.32 Å². The number of fused-ring (bicyclic) bond motifs is 1. The predicted molar refractivity (Wildman–Crippen MR) is 82.2 cm³/mol. The summed E-state index contributed by atoms with van der Waals surface area (Å²) in [4.78, 5) is 13.2. The lowest BCUT2D eigenvalue weighted by Gasteiger charge is -2.49. The van der Waals surface area contributed by atoms with Crippen LogP contribution >= 0.6 is 11.3 Å². The van der Waals surface area contributed by atoms with Gasteiger partial charge in [0.2, 0.25) is 0 Å². The van der Waals surface area contributed by atoms with Crippen LogP contribution in [0.25, 0.3) is 10.1 Å². The Labute approximate surface area is 122 Å². The molecule has 1 aliphatic carbocycles. The van der Waals surface area contributed by atoms with Crippen LogP contribution in [0.2, 0.25) is 0 Å². The monoisotopic (exact) mass is 289 g/mol. The van der Waals surface area contributed by atoms with Crippen molar-refractivity contribution in [3.05, 3.63) is 34.7 Å². The van der Waals surface area contributed by atoms with Gasteiger partial charge in [-0.1, -0.05) is 32.0 Å². The van der Waals surface area contributed by atoms with E-state index in [-0.39, 0.29) is 23.5 Å². The van der Waals surface area contributed by atoms with Gasteiger partial charge in [-0.3, -0.25) is 4.79 Å². The first-order valence-corrected chi connectivity index (χ1v) is 7.70. The number of benzene rings is 1. The Hall–Kier alpha value is -1.39. The van der Waals surface area contributed by atoms with E-state index in [2.05, 4.69) is 11.4 Å². The first-order valence-electron chi connectivity index (χ1n) is 6.88. The third kappa shape index (κ3) is 1.95. The second-order valence-corrected chi connectivity index (χ2v) is 7.20. The molecule has 0 aliphatic heterocycles. The number of thiophene rings is 1. The lowest BCUT2D eigenvalue weighted by atomic mass is 9.64. The Kier molecular flexibility index (Phi) is 3.10. The van der Waals surface area contributed by atoms with Crippen LogP contribution in [0.5, 0.6) is 0 Å². The molecule has 1 aromatic carbocycles. The second kappa shape index (κ2) is 4.57. The molecule has 2 unspecified atom stereocenters. The molecule has 106 valence electrons. The van der Waals surface area contributed by atoms with Gasteiger partial charge in [0.1, 0.15) is 0 Å². The molecule has 1 amide bonds. The van der Waals surface area contributed by atoms with Crippen molar-refractivity contribution in [2.75, 3.05) is 0 Å². The fraction of sp³-hybridized carbons (Fsp3) is 0.438. The molecule has 2 N–H and O–H groups in total. The van der Waals surface area contributed by atoms with Crippen molar-refractivity contribution in [2.24, 2.45) is 5.41 Å². The maximum Gasteiger partial charge on any atom is 0.261 e. The van der Waals surface area contributed by atoms with Crippen molar-refractivity contribution >= 4 is 27.3 Å². The topological polar surface area (TPSA) is 49.3 Å². The molecule has 2 atom stereocenters. The molecule has 0 radical (unpaired) electrons. The van der Waals surface area contributed by atoms with E-state index in [1.807, 2.05) is 39.0 Å². The predicted octanol–water partition coefficient (Wildman–Crippen LogP) is 3.10. The van der Waals surface area contributed by atoms with E-state index >= 15 is 0 Å². The molecule has 0 bridgehead atoms. The van der Waals surface area contributed by atoms with Crippen molar-refractivity contribution in [1.29, 1.82) is 0 Å². The fourth-order valence-electron chi connectivity index (χ4n) is 2.76. The summed E-state index contributed by atoms with van der Waals surface area (Å²) >= 11 is 1.53. The van der Waals surface area contributed by atoms with E-state index in [4.69, 9.17) is 0 Å². The Morgan fingerprint density at radius 1 is 1.40 bits per heavy atom. The summed E-state index contributed by atoms with van der Waals surface area (Å²) in [7, 11) is 0. The molecule has 2 aromatic rings. The Bertz CT molecular complexity index is 674. The summed E-state index contributed by atoms with van der Waals surface area (Å²) in [5, 5.41) is 14.0. The quantitative estimate of drug-likeness (QED) is 0.892. The summed E-state index contributed by atoms with van der Waals surface area (Å²) in [6.07, 6.45) is 0.319. The summed E-state index contributed by atoms with van der Waals surface area (Å²) < 4.78 is 1.14. The van der Waals surface area contributed by atoms with E-state index < -0.39 is 0 Å². The molecule has 20 heavy (non-hydrogen) atoms. The van der Waals surface area contributed by atoms with Crippen LogP contribution in [-0.2, 0) is 0 Å². The highest BCUT2D eigenvalue weighted by atomic mass is 32.1. The molecule has 1 aromatic heterocycles. The zero-order valence-electron chi connectivity index (χ0n) is 11.9. The van der Waals surface area contributed by atoms with Gasteiger partial charge in [0.25, 0.3) is 5.91 Å². The minimum atomic E-state index is -0.323. The maximum absolute atomic E-state index is 12.5.